The highest BCUT2D eigenvalue weighted by Crippen LogP contribution is 2.31. The van der Waals surface area contributed by atoms with E-state index in [1.54, 1.807) is 25.2 Å². The van der Waals surface area contributed by atoms with E-state index in [-0.39, 0.29) is 18.4 Å². The zero-order valence-electron chi connectivity index (χ0n) is 16.7. The van der Waals surface area contributed by atoms with Crippen LogP contribution in [-0.2, 0) is 4.79 Å². The molecule has 6 heteroatoms. The molecule has 1 N–H and O–H groups in total. The van der Waals surface area contributed by atoms with Gasteiger partial charge < -0.3 is 19.7 Å². The van der Waals surface area contributed by atoms with Gasteiger partial charge in [-0.1, -0.05) is 23.8 Å². The molecule has 0 aliphatic rings. The Kier molecular flexibility index (Phi) is 6.45. The van der Waals surface area contributed by atoms with Gasteiger partial charge in [-0.2, -0.15) is 0 Å². The summed E-state index contributed by atoms with van der Waals surface area (Å²) in [6.07, 6.45) is 0. The Morgan fingerprint density at radius 3 is 2.22 bits per heavy atom. The molecule has 144 valence electrons. The maximum absolute atomic E-state index is 12.8. The van der Waals surface area contributed by atoms with Crippen molar-refractivity contribution in [2.75, 3.05) is 33.1 Å². The van der Waals surface area contributed by atoms with E-state index < -0.39 is 0 Å². The zero-order valence-corrected chi connectivity index (χ0v) is 16.7. The quantitative estimate of drug-likeness (QED) is 0.847. The Balaban J connectivity index is 2.14. The number of amides is 2. The minimum absolute atomic E-state index is 0.0774. The van der Waals surface area contributed by atoms with Crippen molar-refractivity contribution >= 4 is 17.5 Å². The third-order valence-electron chi connectivity index (χ3n) is 4.30. The Morgan fingerprint density at radius 2 is 1.67 bits per heavy atom. The lowest BCUT2D eigenvalue weighted by Crippen LogP contribution is -2.35. The first-order valence-electron chi connectivity index (χ1n) is 8.62. The molecule has 0 saturated carbocycles. The molecule has 6 nitrogen and oxygen atoms in total. The SMILES string of the molecule is COc1cccc(C(=O)N(C)CC(=O)Nc2c(C)cc(C)cc2C)c1OC. The maximum atomic E-state index is 12.8. The second-order valence-electron chi connectivity index (χ2n) is 6.52. The summed E-state index contributed by atoms with van der Waals surface area (Å²) in [5.74, 6) is 0.232. The summed E-state index contributed by atoms with van der Waals surface area (Å²) >= 11 is 0. The number of aryl methyl sites for hydroxylation is 3. The van der Waals surface area contributed by atoms with Crippen LogP contribution in [0.4, 0.5) is 5.69 Å². The summed E-state index contributed by atoms with van der Waals surface area (Å²) in [7, 11) is 4.56. The van der Waals surface area contributed by atoms with Crippen LogP contribution in [0.5, 0.6) is 11.5 Å². The molecule has 2 aromatic carbocycles. The van der Waals surface area contributed by atoms with E-state index in [1.807, 2.05) is 32.9 Å². The first-order valence-corrected chi connectivity index (χ1v) is 8.62. The normalized spacial score (nSPS) is 10.3. The van der Waals surface area contributed by atoms with Crippen LogP contribution in [-0.4, -0.2) is 44.5 Å². The number of nitrogens with one attached hydrogen (secondary N) is 1. The van der Waals surface area contributed by atoms with Crippen LogP contribution in [0.1, 0.15) is 27.0 Å². The van der Waals surface area contributed by atoms with Crippen LogP contribution in [0.25, 0.3) is 0 Å². The molecule has 0 heterocycles. The van der Waals surface area contributed by atoms with Gasteiger partial charge in [-0.15, -0.1) is 0 Å². The molecule has 2 rings (SSSR count). The molecule has 2 aromatic rings. The molecule has 0 fully saturated rings. The maximum Gasteiger partial charge on any atom is 0.257 e. The highest BCUT2D eigenvalue weighted by Gasteiger charge is 2.21. The lowest BCUT2D eigenvalue weighted by molar-refractivity contribution is -0.116. The molecule has 0 aromatic heterocycles. The zero-order chi connectivity index (χ0) is 20.1. The number of methoxy groups -OCH3 is 2. The molecule has 0 unspecified atom stereocenters. The van der Waals surface area contributed by atoms with Gasteiger partial charge >= 0.3 is 0 Å². The van der Waals surface area contributed by atoms with Gasteiger partial charge in [0.1, 0.15) is 0 Å². The monoisotopic (exact) mass is 370 g/mol. The summed E-state index contributed by atoms with van der Waals surface area (Å²) in [5.41, 5.74) is 4.24. The van der Waals surface area contributed by atoms with Gasteiger partial charge in [0, 0.05) is 12.7 Å². The van der Waals surface area contributed by atoms with E-state index in [1.165, 1.54) is 19.1 Å². The molecular formula is C21H26N2O4. The van der Waals surface area contributed by atoms with Gasteiger partial charge in [0.05, 0.1) is 26.3 Å². The fourth-order valence-electron chi connectivity index (χ4n) is 3.10. The number of rotatable bonds is 6. The number of nitrogens with zero attached hydrogens (tertiary/aromatic N) is 1. The molecular weight excluding hydrogens is 344 g/mol. The van der Waals surface area contributed by atoms with E-state index in [4.69, 9.17) is 9.47 Å². The first-order chi connectivity index (χ1) is 12.8. The molecule has 0 atom stereocenters. The fourth-order valence-corrected chi connectivity index (χ4v) is 3.10. The molecule has 27 heavy (non-hydrogen) atoms. The predicted molar refractivity (Wildman–Crippen MR) is 106 cm³/mol. The number of hydrogen-bond acceptors (Lipinski definition) is 4. The van der Waals surface area contributed by atoms with Gasteiger partial charge in [-0.3, -0.25) is 9.59 Å². The molecule has 0 aliphatic carbocycles. The van der Waals surface area contributed by atoms with Crippen LogP contribution in [0.15, 0.2) is 30.3 Å². The highest BCUT2D eigenvalue weighted by atomic mass is 16.5. The Hall–Kier alpha value is -3.02. The lowest BCUT2D eigenvalue weighted by Gasteiger charge is -2.20. The smallest absolute Gasteiger partial charge is 0.257 e. The minimum Gasteiger partial charge on any atom is -0.493 e. The summed E-state index contributed by atoms with van der Waals surface area (Å²) in [4.78, 5) is 26.6. The van der Waals surface area contributed by atoms with Crippen molar-refractivity contribution in [3.8, 4) is 11.5 Å². The number of hydrogen-bond donors (Lipinski definition) is 1. The third-order valence-corrected chi connectivity index (χ3v) is 4.30. The second-order valence-corrected chi connectivity index (χ2v) is 6.52. The van der Waals surface area contributed by atoms with Crippen molar-refractivity contribution in [2.24, 2.45) is 0 Å². The summed E-state index contributed by atoms with van der Waals surface area (Å²) in [5, 5.41) is 2.91. The van der Waals surface area contributed by atoms with Crippen LogP contribution >= 0.6 is 0 Å². The van der Waals surface area contributed by atoms with Crippen LogP contribution in [0.3, 0.4) is 0 Å². The van der Waals surface area contributed by atoms with E-state index in [0.717, 1.165) is 22.4 Å². The molecule has 0 spiro atoms. The van der Waals surface area contributed by atoms with E-state index in [0.29, 0.717) is 17.1 Å². The fraction of sp³-hybridized carbons (Fsp3) is 0.333. The van der Waals surface area contributed by atoms with Crippen LogP contribution < -0.4 is 14.8 Å². The summed E-state index contributed by atoms with van der Waals surface area (Å²) in [6.45, 7) is 5.84. The summed E-state index contributed by atoms with van der Waals surface area (Å²) in [6, 6.07) is 9.09. The molecule has 0 bridgehead atoms. The minimum atomic E-state index is -0.321. The van der Waals surface area contributed by atoms with Gasteiger partial charge in [0.15, 0.2) is 11.5 Å². The van der Waals surface area contributed by atoms with E-state index >= 15 is 0 Å². The largest absolute Gasteiger partial charge is 0.493 e. The van der Waals surface area contributed by atoms with Gasteiger partial charge in [-0.05, 0) is 44.0 Å². The Bertz CT molecular complexity index is 838. The average Bonchev–Trinajstić information content (AvgIpc) is 2.63. The number of carbonyl (C=O) groups is 2. The topological polar surface area (TPSA) is 67.9 Å². The van der Waals surface area contributed by atoms with Crippen molar-refractivity contribution in [3.05, 3.63) is 52.6 Å². The lowest BCUT2D eigenvalue weighted by atomic mass is 10.1. The molecule has 0 aliphatic heterocycles. The molecule has 0 radical (unpaired) electrons. The standard InChI is InChI=1S/C21H26N2O4/c1-13-10-14(2)19(15(3)11-13)22-18(24)12-23(4)21(25)16-8-7-9-17(26-5)20(16)27-6/h7-11H,12H2,1-6H3,(H,22,24). The van der Waals surface area contributed by atoms with Gasteiger partial charge in [0.2, 0.25) is 5.91 Å². The van der Waals surface area contributed by atoms with Crippen molar-refractivity contribution in [1.29, 1.82) is 0 Å². The number of anilines is 1. The first kappa shape index (κ1) is 20.3. The third kappa shape index (κ3) is 4.58. The number of para-hydroxylation sites is 1. The Morgan fingerprint density at radius 1 is 1.04 bits per heavy atom. The van der Waals surface area contributed by atoms with Crippen LogP contribution in [0.2, 0.25) is 0 Å². The van der Waals surface area contributed by atoms with Crippen molar-refractivity contribution in [3.63, 3.8) is 0 Å². The van der Waals surface area contributed by atoms with E-state index in [9.17, 15) is 9.59 Å². The van der Waals surface area contributed by atoms with Crippen LogP contribution in [0, 0.1) is 20.8 Å². The summed E-state index contributed by atoms with van der Waals surface area (Å²) < 4.78 is 10.5. The van der Waals surface area contributed by atoms with Crippen molar-refractivity contribution < 1.29 is 19.1 Å². The highest BCUT2D eigenvalue weighted by molar-refractivity contribution is 6.01. The molecule has 0 saturated heterocycles. The number of ether oxygens (including phenoxy) is 2. The number of carbonyl (C=O) groups excluding carboxylic acids is 2. The number of likely N-dealkylation sites (N-methyl/N-ethyl adjacent to an activating group) is 1. The second kappa shape index (κ2) is 8.58. The average molecular weight is 370 g/mol. The van der Waals surface area contributed by atoms with Crippen molar-refractivity contribution in [2.45, 2.75) is 20.8 Å². The van der Waals surface area contributed by atoms with Gasteiger partial charge in [-0.25, -0.2) is 0 Å². The molecule has 2 amide bonds. The van der Waals surface area contributed by atoms with Crippen molar-refractivity contribution in [1.82, 2.24) is 4.90 Å². The predicted octanol–water partition coefficient (Wildman–Crippen LogP) is 3.34. The number of benzene rings is 2. The Labute approximate surface area is 160 Å². The van der Waals surface area contributed by atoms with Gasteiger partial charge in [0.25, 0.3) is 5.91 Å². The van der Waals surface area contributed by atoms with E-state index in [2.05, 4.69) is 5.32 Å².